The lowest BCUT2D eigenvalue weighted by molar-refractivity contribution is -0.249. The summed E-state index contributed by atoms with van der Waals surface area (Å²) >= 11 is 0. The van der Waals surface area contributed by atoms with Crippen LogP contribution in [0.2, 0.25) is 0 Å². The summed E-state index contributed by atoms with van der Waals surface area (Å²) in [6, 6.07) is 20.0. The number of hydrogen-bond donors (Lipinski definition) is 1. The highest BCUT2D eigenvalue weighted by atomic mass is 16.7. The molecule has 2 aliphatic rings. The molecular weight excluding hydrogens is 318 g/mol. The summed E-state index contributed by atoms with van der Waals surface area (Å²) in [6.45, 7) is 2.14. The van der Waals surface area contributed by atoms with Crippen LogP contribution in [-0.2, 0) is 14.3 Å². The van der Waals surface area contributed by atoms with Gasteiger partial charge < -0.3 is 14.6 Å². The van der Waals surface area contributed by atoms with Gasteiger partial charge in [-0.1, -0.05) is 48.5 Å². The molecule has 2 aromatic rings. The van der Waals surface area contributed by atoms with Gasteiger partial charge in [0.05, 0.1) is 18.3 Å². The van der Waals surface area contributed by atoms with Crippen molar-refractivity contribution >= 4 is 5.69 Å². The van der Waals surface area contributed by atoms with E-state index in [2.05, 4.69) is 12.1 Å². The van der Waals surface area contributed by atoms with Gasteiger partial charge in [-0.2, -0.15) is 0 Å². The first-order valence-corrected chi connectivity index (χ1v) is 8.73. The molecule has 5 heteroatoms. The second kappa shape index (κ2) is 7.14. The van der Waals surface area contributed by atoms with E-state index in [9.17, 15) is 5.11 Å². The number of rotatable bonds is 3. The van der Waals surface area contributed by atoms with Gasteiger partial charge in [-0.3, -0.25) is 4.84 Å². The lowest BCUT2D eigenvalue weighted by Crippen LogP contribution is -2.53. The SMILES string of the molecule is C[C@@H]1OC[C@@H](O)[C@H]([C@H]2C[C@@H](c3ccccc3)ON2c2ccccc2)O1. The third-order valence-corrected chi connectivity index (χ3v) is 4.79. The quantitative estimate of drug-likeness (QED) is 0.930. The fourth-order valence-electron chi connectivity index (χ4n) is 3.56. The Kier molecular flexibility index (Phi) is 4.72. The minimum atomic E-state index is -0.675. The van der Waals surface area contributed by atoms with E-state index >= 15 is 0 Å². The first-order valence-electron chi connectivity index (χ1n) is 8.73. The summed E-state index contributed by atoms with van der Waals surface area (Å²) in [6.07, 6.45) is -0.696. The number of hydrogen-bond acceptors (Lipinski definition) is 5. The highest BCUT2D eigenvalue weighted by Crippen LogP contribution is 2.39. The summed E-state index contributed by atoms with van der Waals surface area (Å²) in [4.78, 5) is 6.28. The predicted molar refractivity (Wildman–Crippen MR) is 93.9 cm³/mol. The molecule has 2 saturated heterocycles. The Morgan fingerprint density at radius 2 is 1.68 bits per heavy atom. The van der Waals surface area contributed by atoms with Gasteiger partial charge in [0.15, 0.2) is 6.29 Å². The molecule has 5 atom stereocenters. The Bertz CT molecular complexity index is 681. The number of anilines is 1. The number of aliphatic hydroxyl groups excluding tert-OH is 1. The van der Waals surface area contributed by atoms with E-state index in [4.69, 9.17) is 14.3 Å². The Balaban J connectivity index is 1.64. The van der Waals surface area contributed by atoms with Gasteiger partial charge in [-0.25, -0.2) is 5.06 Å². The monoisotopic (exact) mass is 341 g/mol. The van der Waals surface area contributed by atoms with Crippen molar-refractivity contribution in [2.45, 2.75) is 44.0 Å². The number of hydroxylamine groups is 1. The molecule has 0 bridgehead atoms. The van der Waals surface area contributed by atoms with E-state index in [0.29, 0.717) is 0 Å². The van der Waals surface area contributed by atoms with Gasteiger partial charge in [0.2, 0.25) is 0 Å². The molecule has 4 rings (SSSR count). The molecule has 2 heterocycles. The van der Waals surface area contributed by atoms with Crippen LogP contribution in [0.1, 0.15) is 25.0 Å². The molecule has 2 fully saturated rings. The largest absolute Gasteiger partial charge is 0.388 e. The van der Waals surface area contributed by atoms with E-state index in [-0.39, 0.29) is 31.1 Å². The van der Waals surface area contributed by atoms with Crippen LogP contribution in [0.5, 0.6) is 0 Å². The van der Waals surface area contributed by atoms with Crippen molar-refractivity contribution in [2.24, 2.45) is 0 Å². The number of benzene rings is 2. The van der Waals surface area contributed by atoms with Crippen molar-refractivity contribution in [2.75, 3.05) is 11.7 Å². The lowest BCUT2D eigenvalue weighted by Gasteiger charge is -2.38. The van der Waals surface area contributed by atoms with Crippen LogP contribution < -0.4 is 5.06 Å². The van der Waals surface area contributed by atoms with Gasteiger partial charge in [0.25, 0.3) is 0 Å². The van der Waals surface area contributed by atoms with Gasteiger partial charge in [0.1, 0.15) is 18.3 Å². The maximum atomic E-state index is 10.4. The number of aliphatic hydroxyl groups is 1. The van der Waals surface area contributed by atoms with Crippen molar-refractivity contribution in [3.05, 3.63) is 66.2 Å². The van der Waals surface area contributed by atoms with Crippen LogP contribution in [0.3, 0.4) is 0 Å². The molecule has 0 spiro atoms. The summed E-state index contributed by atoms with van der Waals surface area (Å²) < 4.78 is 11.3. The number of nitrogens with zero attached hydrogens (tertiary/aromatic N) is 1. The zero-order chi connectivity index (χ0) is 17.2. The highest BCUT2D eigenvalue weighted by Gasteiger charge is 2.45. The molecule has 25 heavy (non-hydrogen) atoms. The van der Waals surface area contributed by atoms with Crippen LogP contribution in [0.15, 0.2) is 60.7 Å². The Hall–Kier alpha value is -1.92. The first kappa shape index (κ1) is 16.5. The minimum Gasteiger partial charge on any atom is -0.388 e. The Morgan fingerprint density at radius 3 is 2.40 bits per heavy atom. The molecule has 2 aromatic carbocycles. The molecular formula is C20H23NO4. The molecule has 0 aromatic heterocycles. The maximum absolute atomic E-state index is 10.4. The van der Waals surface area contributed by atoms with E-state index in [0.717, 1.165) is 17.7 Å². The Morgan fingerprint density at radius 1 is 1.00 bits per heavy atom. The van der Waals surface area contributed by atoms with E-state index in [1.54, 1.807) is 0 Å². The van der Waals surface area contributed by atoms with Crippen molar-refractivity contribution in [1.29, 1.82) is 0 Å². The molecule has 0 unspecified atom stereocenters. The molecule has 2 aliphatic heterocycles. The highest BCUT2D eigenvalue weighted by molar-refractivity contribution is 5.46. The van der Waals surface area contributed by atoms with Crippen LogP contribution in [0.25, 0.3) is 0 Å². The van der Waals surface area contributed by atoms with Gasteiger partial charge >= 0.3 is 0 Å². The average Bonchev–Trinajstić information content (AvgIpc) is 3.10. The first-order chi connectivity index (χ1) is 12.2. The van der Waals surface area contributed by atoms with Crippen LogP contribution in [-0.4, -0.2) is 36.3 Å². The van der Waals surface area contributed by atoms with Crippen molar-refractivity contribution in [3.63, 3.8) is 0 Å². The normalized spacial score (nSPS) is 32.7. The smallest absolute Gasteiger partial charge is 0.155 e. The molecule has 0 radical (unpaired) electrons. The Labute approximate surface area is 147 Å². The van der Waals surface area contributed by atoms with Crippen molar-refractivity contribution < 1.29 is 19.4 Å². The van der Waals surface area contributed by atoms with Crippen molar-refractivity contribution in [1.82, 2.24) is 0 Å². The maximum Gasteiger partial charge on any atom is 0.155 e. The summed E-state index contributed by atoms with van der Waals surface area (Å²) in [7, 11) is 0. The fraction of sp³-hybridized carbons (Fsp3) is 0.400. The molecule has 5 nitrogen and oxygen atoms in total. The zero-order valence-electron chi connectivity index (χ0n) is 14.2. The van der Waals surface area contributed by atoms with Crippen LogP contribution >= 0.6 is 0 Å². The summed E-state index contributed by atoms with van der Waals surface area (Å²) in [5.74, 6) is 0. The minimum absolute atomic E-state index is 0.0691. The van der Waals surface area contributed by atoms with E-state index in [1.807, 2.05) is 60.5 Å². The van der Waals surface area contributed by atoms with E-state index < -0.39 is 6.10 Å². The van der Waals surface area contributed by atoms with E-state index in [1.165, 1.54) is 0 Å². The van der Waals surface area contributed by atoms with Crippen LogP contribution in [0.4, 0.5) is 5.69 Å². The molecule has 132 valence electrons. The average molecular weight is 341 g/mol. The lowest BCUT2D eigenvalue weighted by atomic mass is 9.96. The van der Waals surface area contributed by atoms with Crippen molar-refractivity contribution in [3.8, 4) is 0 Å². The van der Waals surface area contributed by atoms with Gasteiger partial charge in [0, 0.05) is 6.42 Å². The van der Waals surface area contributed by atoms with Gasteiger partial charge in [-0.05, 0) is 24.6 Å². The summed E-state index contributed by atoms with van der Waals surface area (Å²) in [5, 5.41) is 12.3. The molecule has 0 saturated carbocycles. The number of ether oxygens (including phenoxy) is 2. The number of para-hydroxylation sites is 1. The molecule has 1 N–H and O–H groups in total. The topological polar surface area (TPSA) is 51.2 Å². The predicted octanol–water partition coefficient (Wildman–Crippen LogP) is 3.06. The fourth-order valence-corrected chi connectivity index (χ4v) is 3.56. The third kappa shape index (κ3) is 3.41. The van der Waals surface area contributed by atoms with Gasteiger partial charge in [-0.15, -0.1) is 0 Å². The third-order valence-electron chi connectivity index (χ3n) is 4.79. The molecule has 0 aliphatic carbocycles. The summed E-state index contributed by atoms with van der Waals surface area (Å²) in [5.41, 5.74) is 2.08. The van der Waals surface area contributed by atoms with Crippen LogP contribution in [0, 0.1) is 0 Å². The molecule has 0 amide bonds. The second-order valence-corrected chi connectivity index (χ2v) is 6.54. The standard InChI is InChI=1S/C20H23NO4/c1-14-23-13-18(22)20(24-14)17-12-19(15-8-4-2-5-9-15)25-21(17)16-10-6-3-7-11-16/h2-11,14,17-20,22H,12-13H2,1H3/t14-,17-,18-,19+,20+/m1/s1. The zero-order valence-corrected chi connectivity index (χ0v) is 14.2. The second-order valence-electron chi connectivity index (χ2n) is 6.54.